The first-order chi connectivity index (χ1) is 12.9. The fourth-order valence-electron chi connectivity index (χ4n) is 2.70. The molecule has 34 heavy (non-hydrogen) atoms. The molecule has 0 spiro atoms. The van der Waals surface area contributed by atoms with E-state index in [2.05, 4.69) is 0 Å². The first kappa shape index (κ1) is 45.4. The SMILES string of the molecule is O=C([O-])c1cc2c(C(=O)[O-])c(C(=O)[O-])c(C(=O)[O-])c(C(=O)[O-])c2cc1C(=O)[O-].[Na+].[Na+].[Na+].[Na+].[Na+].[Na+]. The third-order valence-corrected chi connectivity index (χ3v) is 3.70. The van der Waals surface area contributed by atoms with Gasteiger partial charge in [0, 0.05) is 33.4 Å². The van der Waals surface area contributed by atoms with Crippen molar-refractivity contribution in [3.8, 4) is 0 Å². The second-order valence-corrected chi connectivity index (χ2v) is 5.17. The van der Waals surface area contributed by atoms with Crippen LogP contribution in [-0.2, 0) is 0 Å². The van der Waals surface area contributed by atoms with Gasteiger partial charge in [0.1, 0.15) is 0 Å². The van der Waals surface area contributed by atoms with Crippen LogP contribution in [0, 0.1) is 0 Å². The molecular weight excluding hydrogens is 522 g/mol. The Hall–Kier alpha value is 1.52. The molecule has 0 amide bonds. The molecule has 0 aliphatic carbocycles. The molecule has 18 heteroatoms. The van der Waals surface area contributed by atoms with Gasteiger partial charge in [-0.2, -0.15) is 0 Å². The van der Waals surface area contributed by atoms with Crippen LogP contribution in [0.5, 0.6) is 0 Å². The zero-order valence-corrected chi connectivity index (χ0v) is 31.1. The number of rotatable bonds is 6. The van der Waals surface area contributed by atoms with Gasteiger partial charge in [-0.3, -0.25) is 0 Å². The standard InChI is InChI=1S/C16H8O12.6Na/c17-11(18)5-1-3-4(2-6(5)12(19)20)8(14(23)24)10(16(27)28)9(15(25)26)7(3)13(21)22;;;;;;/h1-2H,(H,17,18)(H,19,20)(H,21,22)(H,23,24)(H,25,26)(H,27,28);;;;;;/q;6*+1/p-6. The maximum absolute atomic E-state index is 11.4. The smallest absolute Gasteiger partial charge is 0.545 e. The van der Waals surface area contributed by atoms with Gasteiger partial charge in [-0.1, -0.05) is 0 Å². The fourth-order valence-corrected chi connectivity index (χ4v) is 2.70. The molecule has 12 nitrogen and oxygen atoms in total. The van der Waals surface area contributed by atoms with Crippen molar-refractivity contribution in [1.29, 1.82) is 0 Å². The third-order valence-electron chi connectivity index (χ3n) is 3.70. The Labute approximate surface area is 323 Å². The van der Waals surface area contributed by atoms with E-state index in [0.717, 1.165) is 0 Å². The predicted octanol–water partition coefficient (Wildman–Crippen LogP) is -25.0. The van der Waals surface area contributed by atoms with E-state index in [0.29, 0.717) is 0 Å². The Bertz CT molecular complexity index is 1060. The van der Waals surface area contributed by atoms with Crippen LogP contribution in [0.3, 0.4) is 0 Å². The minimum atomic E-state index is -2.47. The fraction of sp³-hybridized carbons (Fsp3) is 0. The van der Waals surface area contributed by atoms with Crippen molar-refractivity contribution in [2.75, 3.05) is 0 Å². The number of benzene rings is 2. The van der Waals surface area contributed by atoms with E-state index in [4.69, 9.17) is 0 Å². The molecule has 2 aromatic carbocycles. The Morgan fingerprint density at radius 1 is 0.382 bits per heavy atom. The largest absolute Gasteiger partial charge is 1.00 e. The zero-order chi connectivity index (χ0) is 21.5. The van der Waals surface area contributed by atoms with Gasteiger partial charge in [-0.25, -0.2) is 0 Å². The van der Waals surface area contributed by atoms with Crippen LogP contribution in [0.1, 0.15) is 62.1 Å². The number of hydrogen-bond donors (Lipinski definition) is 0. The molecule has 2 rings (SSSR count). The molecular formula is C16H2Na6O12. The summed E-state index contributed by atoms with van der Waals surface area (Å²) in [6.07, 6.45) is 0. The molecule has 0 aromatic heterocycles. The molecule has 0 saturated heterocycles. The summed E-state index contributed by atoms with van der Waals surface area (Å²) >= 11 is 0. The molecule has 0 radical (unpaired) electrons. The third kappa shape index (κ3) is 9.37. The quantitative estimate of drug-likeness (QED) is 0.320. The minimum Gasteiger partial charge on any atom is -0.545 e. The molecule has 0 saturated carbocycles. The van der Waals surface area contributed by atoms with Crippen molar-refractivity contribution >= 4 is 46.6 Å². The molecule has 0 fully saturated rings. The summed E-state index contributed by atoms with van der Waals surface area (Å²) in [5, 5.41) is 65.8. The molecule has 0 atom stereocenters. The van der Waals surface area contributed by atoms with Crippen molar-refractivity contribution in [1.82, 2.24) is 0 Å². The first-order valence-corrected chi connectivity index (χ1v) is 6.85. The number of carboxylic acid groups (broad SMARTS) is 6. The van der Waals surface area contributed by atoms with E-state index in [9.17, 15) is 59.4 Å². The number of fused-ring (bicyclic) bond motifs is 1. The van der Waals surface area contributed by atoms with E-state index < -0.39 is 80.0 Å². The van der Waals surface area contributed by atoms with Gasteiger partial charge in [0.2, 0.25) is 0 Å². The van der Waals surface area contributed by atoms with Gasteiger partial charge in [-0.05, 0) is 22.9 Å². The number of hydrogen-bond acceptors (Lipinski definition) is 12. The average Bonchev–Trinajstić information content (AvgIpc) is 2.57. The van der Waals surface area contributed by atoms with Crippen LogP contribution in [0.2, 0.25) is 0 Å². The van der Waals surface area contributed by atoms with Gasteiger partial charge in [0.15, 0.2) is 0 Å². The molecule has 0 aliphatic heterocycles. The molecule has 0 bridgehead atoms. The summed E-state index contributed by atoms with van der Waals surface area (Å²) in [7, 11) is 0. The van der Waals surface area contributed by atoms with Crippen LogP contribution in [0.25, 0.3) is 10.8 Å². The Morgan fingerprint density at radius 3 is 0.735 bits per heavy atom. The minimum absolute atomic E-state index is 0. The van der Waals surface area contributed by atoms with Crippen LogP contribution in [0.15, 0.2) is 12.1 Å². The Kier molecular flexibility index (Phi) is 25.0. The summed E-state index contributed by atoms with van der Waals surface area (Å²) in [6, 6.07) is 0.526. The summed E-state index contributed by atoms with van der Waals surface area (Å²) < 4.78 is 0. The van der Waals surface area contributed by atoms with Crippen molar-refractivity contribution in [2.45, 2.75) is 0 Å². The molecule has 2 aromatic rings. The van der Waals surface area contributed by atoms with E-state index in [1.165, 1.54) is 0 Å². The number of carboxylic acids is 6. The van der Waals surface area contributed by atoms with Crippen molar-refractivity contribution in [3.05, 3.63) is 45.5 Å². The Morgan fingerprint density at radius 2 is 0.588 bits per heavy atom. The number of carbonyl (C=O) groups excluding carboxylic acids is 6. The second kappa shape index (κ2) is 18.7. The van der Waals surface area contributed by atoms with Crippen LogP contribution in [-0.4, -0.2) is 35.8 Å². The number of carbonyl (C=O) groups is 6. The number of aromatic carboxylic acids is 6. The maximum Gasteiger partial charge on any atom is 1.00 e. The summed E-state index contributed by atoms with van der Waals surface area (Å²) in [5.74, 6) is -14.0. The van der Waals surface area contributed by atoms with E-state index in [1.54, 1.807) is 0 Å². The second-order valence-electron chi connectivity index (χ2n) is 5.17. The molecule has 0 unspecified atom stereocenters. The average molecular weight is 524 g/mol. The van der Waals surface area contributed by atoms with Crippen molar-refractivity contribution in [3.63, 3.8) is 0 Å². The van der Waals surface area contributed by atoms with E-state index in [1.807, 2.05) is 0 Å². The molecule has 0 heterocycles. The van der Waals surface area contributed by atoms with E-state index >= 15 is 0 Å². The van der Waals surface area contributed by atoms with Crippen molar-refractivity contribution in [2.24, 2.45) is 0 Å². The van der Waals surface area contributed by atoms with Gasteiger partial charge in [0.25, 0.3) is 0 Å². The van der Waals surface area contributed by atoms with E-state index in [-0.39, 0.29) is 189 Å². The Balaban J connectivity index is -0.000000467. The summed E-state index contributed by atoms with van der Waals surface area (Å²) in [6.45, 7) is 0. The molecule has 0 aliphatic rings. The summed E-state index contributed by atoms with van der Waals surface area (Å²) in [4.78, 5) is 67.8. The van der Waals surface area contributed by atoms with Crippen LogP contribution in [0.4, 0.5) is 0 Å². The molecule has 144 valence electrons. The topological polar surface area (TPSA) is 241 Å². The summed E-state index contributed by atoms with van der Waals surface area (Å²) in [5.41, 5.74) is -8.76. The maximum atomic E-state index is 11.4. The molecule has 0 N–H and O–H groups in total. The first-order valence-electron chi connectivity index (χ1n) is 6.85. The monoisotopic (exact) mass is 524 g/mol. The van der Waals surface area contributed by atoms with Gasteiger partial charge in [0.05, 0.1) is 35.8 Å². The van der Waals surface area contributed by atoms with Gasteiger partial charge < -0.3 is 59.4 Å². The normalized spacial score (nSPS) is 8.59. The van der Waals surface area contributed by atoms with Crippen molar-refractivity contribution < 1.29 is 237 Å². The van der Waals surface area contributed by atoms with Gasteiger partial charge in [-0.15, -0.1) is 0 Å². The zero-order valence-electron chi connectivity index (χ0n) is 19.1. The van der Waals surface area contributed by atoms with Crippen LogP contribution < -0.4 is 208 Å². The van der Waals surface area contributed by atoms with Gasteiger partial charge >= 0.3 is 177 Å². The predicted molar refractivity (Wildman–Crippen MR) is 69.9 cm³/mol. The van der Waals surface area contributed by atoms with Crippen LogP contribution >= 0.6 is 0 Å².